The molecule has 0 aliphatic carbocycles. The standard InChI is InChI=1S/C26H28N2O7/c1-14(2)9-15-12-27-28(13-15)26-21(17-7-8-18(31-3)23(30)24(17)35-26)22(29)16-10-19(32-4)25(34-6)20(11-16)33-5/h7-8,10-14,30H,9H2,1-6H3. The average Bonchev–Trinajstić information content (AvgIpc) is 3.47. The van der Waals surface area contributed by atoms with Crippen LogP contribution in [0.4, 0.5) is 0 Å². The van der Waals surface area contributed by atoms with Gasteiger partial charge in [-0.15, -0.1) is 0 Å². The fourth-order valence-electron chi connectivity index (χ4n) is 4.07. The Bertz CT molecular complexity index is 1360. The minimum Gasteiger partial charge on any atom is -0.502 e. The molecule has 9 nitrogen and oxygen atoms in total. The Balaban J connectivity index is 1.95. The first kappa shape index (κ1) is 24.0. The van der Waals surface area contributed by atoms with E-state index in [0.717, 1.165) is 12.0 Å². The van der Waals surface area contributed by atoms with Crippen molar-refractivity contribution in [3.05, 3.63) is 53.3 Å². The van der Waals surface area contributed by atoms with E-state index in [1.165, 1.54) is 33.1 Å². The minimum absolute atomic E-state index is 0.121. The molecule has 1 N–H and O–H groups in total. The summed E-state index contributed by atoms with van der Waals surface area (Å²) in [5, 5.41) is 15.6. The summed E-state index contributed by atoms with van der Waals surface area (Å²) in [7, 11) is 5.90. The zero-order chi connectivity index (χ0) is 25.3. The highest BCUT2D eigenvalue weighted by Gasteiger charge is 2.28. The quantitative estimate of drug-likeness (QED) is 0.341. The normalized spacial score (nSPS) is 11.2. The Kier molecular flexibility index (Phi) is 6.59. The topological polar surface area (TPSA) is 105 Å². The fourth-order valence-corrected chi connectivity index (χ4v) is 4.07. The van der Waals surface area contributed by atoms with Crippen LogP contribution < -0.4 is 18.9 Å². The van der Waals surface area contributed by atoms with E-state index < -0.39 is 0 Å². The van der Waals surface area contributed by atoms with E-state index >= 15 is 0 Å². The van der Waals surface area contributed by atoms with Gasteiger partial charge in [-0.1, -0.05) is 13.8 Å². The molecule has 184 valence electrons. The highest BCUT2D eigenvalue weighted by molar-refractivity contribution is 6.19. The maximum atomic E-state index is 13.9. The molecule has 0 spiro atoms. The average molecular weight is 481 g/mol. The van der Waals surface area contributed by atoms with E-state index in [2.05, 4.69) is 18.9 Å². The Hall–Kier alpha value is -4.14. The highest BCUT2D eigenvalue weighted by Crippen LogP contribution is 2.43. The second-order valence-corrected chi connectivity index (χ2v) is 8.41. The van der Waals surface area contributed by atoms with Gasteiger partial charge in [-0.2, -0.15) is 5.10 Å². The van der Waals surface area contributed by atoms with Crippen LogP contribution in [0.5, 0.6) is 28.7 Å². The van der Waals surface area contributed by atoms with Crippen molar-refractivity contribution < 1.29 is 33.3 Å². The monoisotopic (exact) mass is 480 g/mol. The highest BCUT2D eigenvalue weighted by atomic mass is 16.5. The number of phenols is 1. The van der Waals surface area contributed by atoms with Gasteiger partial charge >= 0.3 is 0 Å². The number of fused-ring (bicyclic) bond motifs is 1. The van der Waals surface area contributed by atoms with Gasteiger partial charge in [-0.3, -0.25) is 4.79 Å². The summed E-state index contributed by atoms with van der Waals surface area (Å²) in [4.78, 5) is 13.9. The van der Waals surface area contributed by atoms with E-state index in [0.29, 0.717) is 28.6 Å². The molecule has 4 rings (SSSR count). The molecular weight excluding hydrogens is 452 g/mol. The van der Waals surface area contributed by atoms with Crippen molar-refractivity contribution in [3.63, 3.8) is 0 Å². The fraction of sp³-hybridized carbons (Fsp3) is 0.308. The Morgan fingerprint density at radius 3 is 2.26 bits per heavy atom. The molecule has 9 heteroatoms. The van der Waals surface area contributed by atoms with Crippen LogP contribution in [0.3, 0.4) is 0 Å². The third-order valence-electron chi connectivity index (χ3n) is 5.64. The lowest BCUT2D eigenvalue weighted by molar-refractivity contribution is 0.103. The Morgan fingerprint density at radius 2 is 1.69 bits per heavy atom. The first-order valence-corrected chi connectivity index (χ1v) is 11.0. The van der Waals surface area contributed by atoms with Crippen LogP contribution >= 0.6 is 0 Å². The number of carbonyl (C=O) groups excluding carboxylic acids is 1. The smallest absolute Gasteiger partial charge is 0.232 e. The van der Waals surface area contributed by atoms with Gasteiger partial charge < -0.3 is 28.5 Å². The zero-order valence-corrected chi connectivity index (χ0v) is 20.5. The number of rotatable bonds is 9. The number of furan rings is 1. The molecule has 0 radical (unpaired) electrons. The van der Waals surface area contributed by atoms with Crippen LogP contribution in [0.25, 0.3) is 16.9 Å². The Labute approximate surface area is 202 Å². The molecule has 0 fully saturated rings. The number of nitrogens with zero attached hydrogens (tertiary/aromatic N) is 2. The number of phenolic OH excluding ortho intramolecular Hbond substituents is 1. The third kappa shape index (κ3) is 4.25. The van der Waals surface area contributed by atoms with Crippen molar-refractivity contribution in [2.45, 2.75) is 20.3 Å². The zero-order valence-electron chi connectivity index (χ0n) is 20.5. The van der Waals surface area contributed by atoms with Gasteiger partial charge in [0.15, 0.2) is 28.6 Å². The molecule has 2 aromatic heterocycles. The van der Waals surface area contributed by atoms with Crippen molar-refractivity contribution in [2.75, 3.05) is 28.4 Å². The maximum Gasteiger partial charge on any atom is 0.232 e. The van der Waals surface area contributed by atoms with Gasteiger partial charge in [0, 0.05) is 17.1 Å². The van der Waals surface area contributed by atoms with Crippen LogP contribution in [0.2, 0.25) is 0 Å². The van der Waals surface area contributed by atoms with Gasteiger partial charge in [-0.05, 0) is 42.2 Å². The van der Waals surface area contributed by atoms with Crippen LogP contribution in [-0.4, -0.2) is 49.1 Å². The summed E-state index contributed by atoms with van der Waals surface area (Å²) in [6.45, 7) is 4.23. The van der Waals surface area contributed by atoms with Crippen molar-refractivity contribution in [3.8, 4) is 34.6 Å². The number of benzene rings is 2. The van der Waals surface area contributed by atoms with E-state index in [1.807, 2.05) is 6.20 Å². The number of carbonyl (C=O) groups is 1. The van der Waals surface area contributed by atoms with Gasteiger partial charge in [0.25, 0.3) is 0 Å². The molecule has 0 unspecified atom stereocenters. The summed E-state index contributed by atoms with van der Waals surface area (Å²) >= 11 is 0. The van der Waals surface area contributed by atoms with Gasteiger partial charge in [0.2, 0.25) is 17.4 Å². The van der Waals surface area contributed by atoms with E-state index in [9.17, 15) is 9.90 Å². The molecule has 4 aromatic rings. The maximum absolute atomic E-state index is 13.9. The second-order valence-electron chi connectivity index (χ2n) is 8.41. The number of aromatic nitrogens is 2. The van der Waals surface area contributed by atoms with Crippen LogP contribution in [0.1, 0.15) is 35.3 Å². The lowest BCUT2D eigenvalue weighted by Crippen LogP contribution is -2.07. The number of hydrogen-bond donors (Lipinski definition) is 1. The van der Waals surface area contributed by atoms with Gasteiger partial charge in [0.05, 0.1) is 40.2 Å². The summed E-state index contributed by atoms with van der Waals surface area (Å²) < 4.78 is 29.0. The van der Waals surface area contributed by atoms with Gasteiger partial charge in [0.1, 0.15) is 0 Å². The minimum atomic E-state index is -0.372. The summed E-state index contributed by atoms with van der Waals surface area (Å²) in [6, 6.07) is 6.40. The predicted octanol–water partition coefficient (Wildman–Crippen LogP) is 4.79. The molecule has 2 aromatic carbocycles. The largest absolute Gasteiger partial charge is 0.502 e. The van der Waals surface area contributed by atoms with Crippen LogP contribution in [0.15, 0.2) is 41.1 Å². The third-order valence-corrected chi connectivity index (χ3v) is 5.64. The van der Waals surface area contributed by atoms with Crippen molar-refractivity contribution in [1.29, 1.82) is 0 Å². The Morgan fingerprint density at radius 1 is 1.03 bits per heavy atom. The molecule has 0 aliphatic rings. The van der Waals surface area contributed by atoms with Crippen LogP contribution in [-0.2, 0) is 6.42 Å². The van der Waals surface area contributed by atoms with E-state index in [1.54, 1.807) is 30.5 Å². The molecule has 0 bridgehead atoms. The van der Waals surface area contributed by atoms with Crippen molar-refractivity contribution in [1.82, 2.24) is 9.78 Å². The van der Waals surface area contributed by atoms with Crippen molar-refractivity contribution >= 4 is 16.8 Å². The lowest BCUT2D eigenvalue weighted by atomic mass is 10.0. The summed E-state index contributed by atoms with van der Waals surface area (Å²) in [5.74, 6) is 1.31. The number of hydrogen-bond acceptors (Lipinski definition) is 8. The summed E-state index contributed by atoms with van der Waals surface area (Å²) in [6.07, 6.45) is 4.37. The lowest BCUT2D eigenvalue weighted by Gasteiger charge is -2.13. The molecular formula is C26H28N2O7. The molecule has 2 heterocycles. The van der Waals surface area contributed by atoms with E-state index in [-0.39, 0.29) is 39.9 Å². The number of methoxy groups -OCH3 is 4. The van der Waals surface area contributed by atoms with Gasteiger partial charge in [-0.25, -0.2) is 4.68 Å². The molecule has 0 amide bonds. The second kappa shape index (κ2) is 9.61. The first-order chi connectivity index (χ1) is 16.8. The molecule has 0 atom stereocenters. The van der Waals surface area contributed by atoms with Crippen LogP contribution in [0, 0.1) is 5.92 Å². The SMILES string of the molecule is COc1cc(C(=O)c2c(-n3cc(CC(C)C)cn3)oc3c(O)c(OC)ccc23)cc(OC)c1OC. The van der Waals surface area contributed by atoms with Crippen molar-refractivity contribution in [2.24, 2.45) is 5.92 Å². The molecule has 35 heavy (non-hydrogen) atoms. The number of ketones is 1. The van der Waals surface area contributed by atoms with E-state index in [4.69, 9.17) is 23.4 Å². The molecule has 0 aliphatic heterocycles. The summed E-state index contributed by atoms with van der Waals surface area (Å²) in [5.41, 5.74) is 1.63. The molecule has 0 saturated heterocycles. The number of aromatic hydroxyl groups is 1. The number of ether oxygens (including phenoxy) is 4. The first-order valence-electron chi connectivity index (χ1n) is 11.0. The molecule has 0 saturated carbocycles. The predicted molar refractivity (Wildman–Crippen MR) is 130 cm³/mol.